The lowest BCUT2D eigenvalue weighted by Gasteiger charge is -2.21. The molecule has 0 fully saturated rings. The molecule has 0 aliphatic heterocycles. The van der Waals surface area contributed by atoms with Crippen LogP contribution in [0, 0.1) is 5.82 Å². The van der Waals surface area contributed by atoms with E-state index in [9.17, 15) is 14.0 Å². The molecule has 0 aliphatic carbocycles. The fourth-order valence-electron chi connectivity index (χ4n) is 3.43. The number of nitrogens with one attached hydrogen (secondary N) is 2. The lowest BCUT2D eigenvalue weighted by Crippen LogP contribution is -2.32. The van der Waals surface area contributed by atoms with Crippen molar-refractivity contribution in [2.75, 3.05) is 10.6 Å². The lowest BCUT2D eigenvalue weighted by atomic mass is 9.98. The van der Waals surface area contributed by atoms with Gasteiger partial charge in [-0.25, -0.2) is 4.39 Å². The van der Waals surface area contributed by atoms with E-state index in [1.54, 1.807) is 24.3 Å². The van der Waals surface area contributed by atoms with Crippen molar-refractivity contribution in [1.82, 2.24) is 0 Å². The Kier molecular flexibility index (Phi) is 8.66. The van der Waals surface area contributed by atoms with Crippen LogP contribution in [0.3, 0.4) is 0 Å². The predicted octanol–water partition coefficient (Wildman–Crippen LogP) is 7.04. The summed E-state index contributed by atoms with van der Waals surface area (Å²) in [5, 5.41) is 5.42. The van der Waals surface area contributed by atoms with Crippen LogP contribution < -0.4 is 15.4 Å². The number of hydrogen-bond acceptors (Lipinski definition) is 3. The Bertz CT molecular complexity index is 1170. The van der Waals surface area contributed by atoms with Crippen LogP contribution in [0.15, 0.2) is 66.7 Å². The predicted molar refractivity (Wildman–Crippen MR) is 134 cm³/mol. The van der Waals surface area contributed by atoms with E-state index in [1.807, 2.05) is 31.2 Å². The fraction of sp³-hybridized carbons (Fsp3) is 0.259. The highest BCUT2D eigenvalue weighted by atomic mass is 35.5. The van der Waals surface area contributed by atoms with E-state index in [4.69, 9.17) is 16.3 Å². The first-order chi connectivity index (χ1) is 16.3. The average Bonchev–Trinajstić information content (AvgIpc) is 2.84. The van der Waals surface area contributed by atoms with Gasteiger partial charge >= 0.3 is 0 Å². The van der Waals surface area contributed by atoms with Gasteiger partial charge < -0.3 is 15.4 Å². The second-order valence-corrected chi connectivity index (χ2v) is 8.42. The highest BCUT2D eigenvalue weighted by Crippen LogP contribution is 2.29. The minimum atomic E-state index is -0.691. The van der Waals surface area contributed by atoms with Crippen molar-refractivity contribution in [2.45, 2.75) is 45.6 Å². The first-order valence-corrected chi connectivity index (χ1v) is 11.6. The number of carbonyl (C=O) groups excluding carboxylic acids is 2. The Morgan fingerprint density at radius 3 is 2.38 bits per heavy atom. The van der Waals surface area contributed by atoms with Gasteiger partial charge in [0, 0.05) is 16.9 Å². The molecule has 0 saturated carbocycles. The molecule has 2 unspecified atom stereocenters. The quantitative estimate of drug-likeness (QED) is 0.343. The van der Waals surface area contributed by atoms with Crippen LogP contribution in [-0.2, 0) is 4.79 Å². The van der Waals surface area contributed by atoms with Crippen LogP contribution in [0.2, 0.25) is 5.02 Å². The summed E-state index contributed by atoms with van der Waals surface area (Å²) >= 11 is 5.78. The van der Waals surface area contributed by atoms with Gasteiger partial charge in [0.15, 0.2) is 6.10 Å². The summed E-state index contributed by atoms with van der Waals surface area (Å²) in [6, 6.07) is 18.2. The van der Waals surface area contributed by atoms with Gasteiger partial charge in [-0.05, 0) is 66.8 Å². The summed E-state index contributed by atoms with van der Waals surface area (Å²) in [6.45, 7) is 6.12. The molecule has 2 amide bonds. The fourth-order valence-corrected chi connectivity index (χ4v) is 3.61. The van der Waals surface area contributed by atoms with E-state index in [0.29, 0.717) is 35.0 Å². The molecule has 5 nitrogen and oxygen atoms in total. The third-order valence-corrected chi connectivity index (χ3v) is 5.85. The normalized spacial score (nSPS) is 12.5. The maximum absolute atomic E-state index is 13.3. The van der Waals surface area contributed by atoms with Gasteiger partial charge in [0.25, 0.3) is 11.8 Å². The van der Waals surface area contributed by atoms with Gasteiger partial charge in [-0.1, -0.05) is 56.6 Å². The molecule has 178 valence electrons. The van der Waals surface area contributed by atoms with E-state index < -0.39 is 17.8 Å². The van der Waals surface area contributed by atoms with Crippen LogP contribution in [0.1, 0.15) is 55.5 Å². The minimum Gasteiger partial charge on any atom is -0.480 e. The zero-order valence-electron chi connectivity index (χ0n) is 19.4. The standard InChI is InChI=1S/C27H28ClFN2O3/c1-4-17(3)21-11-6-7-12-25(21)34-24(5-2)27(33)31-19-10-8-9-18(15-19)26(32)30-20-13-14-23(29)22(28)16-20/h6-17,24H,4-5H2,1-3H3,(H,30,32)(H,31,33). The molecule has 2 N–H and O–H groups in total. The summed E-state index contributed by atoms with van der Waals surface area (Å²) in [5.74, 6) is -0.273. The van der Waals surface area contributed by atoms with Crippen molar-refractivity contribution >= 4 is 34.8 Å². The molecule has 0 aromatic heterocycles. The molecule has 34 heavy (non-hydrogen) atoms. The van der Waals surface area contributed by atoms with Gasteiger partial charge in [0.1, 0.15) is 11.6 Å². The summed E-state index contributed by atoms with van der Waals surface area (Å²) in [5.41, 5.74) is 2.22. The van der Waals surface area contributed by atoms with Crippen molar-refractivity contribution in [3.05, 3.63) is 88.7 Å². The Morgan fingerprint density at radius 1 is 0.941 bits per heavy atom. The van der Waals surface area contributed by atoms with Gasteiger partial charge in [-0.2, -0.15) is 0 Å². The van der Waals surface area contributed by atoms with Gasteiger partial charge in [0.05, 0.1) is 5.02 Å². The molecule has 0 aliphatic rings. The zero-order valence-corrected chi connectivity index (χ0v) is 20.2. The molecule has 2 atom stereocenters. The molecule has 3 aromatic carbocycles. The maximum Gasteiger partial charge on any atom is 0.265 e. The number of ether oxygens (including phenoxy) is 1. The molecule has 3 rings (SSSR count). The Morgan fingerprint density at radius 2 is 1.68 bits per heavy atom. The zero-order chi connectivity index (χ0) is 24.7. The molecule has 0 spiro atoms. The number of para-hydroxylation sites is 1. The minimum absolute atomic E-state index is 0.0840. The summed E-state index contributed by atoms with van der Waals surface area (Å²) in [6.07, 6.45) is 0.748. The summed E-state index contributed by atoms with van der Waals surface area (Å²) in [4.78, 5) is 25.6. The Balaban J connectivity index is 1.70. The van der Waals surface area contributed by atoms with E-state index in [1.165, 1.54) is 18.2 Å². The van der Waals surface area contributed by atoms with Crippen molar-refractivity contribution in [3.63, 3.8) is 0 Å². The summed E-state index contributed by atoms with van der Waals surface area (Å²) < 4.78 is 19.4. The maximum atomic E-state index is 13.3. The van der Waals surface area contributed by atoms with Crippen LogP contribution in [0.5, 0.6) is 5.75 Å². The smallest absolute Gasteiger partial charge is 0.265 e. The largest absolute Gasteiger partial charge is 0.480 e. The van der Waals surface area contributed by atoms with Crippen LogP contribution in [-0.4, -0.2) is 17.9 Å². The van der Waals surface area contributed by atoms with E-state index in [2.05, 4.69) is 24.5 Å². The number of rotatable bonds is 9. The third-order valence-electron chi connectivity index (χ3n) is 5.56. The molecule has 7 heteroatoms. The topological polar surface area (TPSA) is 67.4 Å². The lowest BCUT2D eigenvalue weighted by molar-refractivity contribution is -0.122. The summed E-state index contributed by atoms with van der Waals surface area (Å²) in [7, 11) is 0. The molecule has 0 saturated heterocycles. The molecule has 0 heterocycles. The highest BCUT2D eigenvalue weighted by molar-refractivity contribution is 6.31. The van der Waals surface area contributed by atoms with Crippen LogP contribution in [0.25, 0.3) is 0 Å². The average molecular weight is 483 g/mol. The Labute approximate surface area is 204 Å². The van der Waals surface area contributed by atoms with E-state index in [0.717, 1.165) is 12.0 Å². The van der Waals surface area contributed by atoms with Crippen LogP contribution >= 0.6 is 11.6 Å². The van der Waals surface area contributed by atoms with Crippen LogP contribution in [0.4, 0.5) is 15.8 Å². The monoisotopic (exact) mass is 482 g/mol. The van der Waals surface area contributed by atoms with Gasteiger partial charge in [0.2, 0.25) is 0 Å². The molecule has 3 aromatic rings. The molecule has 0 radical (unpaired) electrons. The second-order valence-electron chi connectivity index (χ2n) is 8.01. The SMILES string of the molecule is CCC(Oc1ccccc1C(C)CC)C(=O)Nc1cccc(C(=O)Nc2ccc(F)c(Cl)c2)c1. The van der Waals surface area contributed by atoms with Crippen molar-refractivity contribution < 1.29 is 18.7 Å². The molecular weight excluding hydrogens is 455 g/mol. The number of carbonyl (C=O) groups is 2. The third kappa shape index (κ3) is 6.35. The molecular formula is C27H28ClFN2O3. The van der Waals surface area contributed by atoms with Crippen molar-refractivity contribution in [3.8, 4) is 5.75 Å². The second kappa shape index (κ2) is 11.7. The number of hydrogen-bond donors (Lipinski definition) is 2. The highest BCUT2D eigenvalue weighted by Gasteiger charge is 2.21. The first kappa shape index (κ1) is 25.2. The first-order valence-electron chi connectivity index (χ1n) is 11.2. The van der Waals surface area contributed by atoms with Gasteiger partial charge in [-0.3, -0.25) is 9.59 Å². The van der Waals surface area contributed by atoms with Crippen molar-refractivity contribution in [2.24, 2.45) is 0 Å². The number of halogens is 2. The number of benzene rings is 3. The van der Waals surface area contributed by atoms with E-state index in [-0.39, 0.29) is 10.9 Å². The van der Waals surface area contributed by atoms with E-state index >= 15 is 0 Å². The molecule has 0 bridgehead atoms. The number of amides is 2. The Hall–Kier alpha value is -3.38. The number of anilines is 2. The van der Waals surface area contributed by atoms with Crippen molar-refractivity contribution in [1.29, 1.82) is 0 Å². The van der Waals surface area contributed by atoms with Gasteiger partial charge in [-0.15, -0.1) is 0 Å².